The number of nitrogens with two attached hydrogens (primary N) is 1. The zero-order chi connectivity index (χ0) is 78.0. The molecule has 28 nitrogen and oxygen atoms in total. The van der Waals surface area contributed by atoms with Crippen molar-refractivity contribution in [2.75, 3.05) is 35.0 Å². The number of carboxylic acids is 2. The van der Waals surface area contributed by atoms with Crippen LogP contribution in [0.2, 0.25) is 15.1 Å². The lowest BCUT2D eigenvalue weighted by Gasteiger charge is -2.12. The van der Waals surface area contributed by atoms with Gasteiger partial charge in [0, 0.05) is 142 Å². The number of carboxylic acid groups (broad SMARTS) is 2. The van der Waals surface area contributed by atoms with Gasteiger partial charge in [0.2, 0.25) is 5.88 Å². The van der Waals surface area contributed by atoms with Crippen LogP contribution in [0.1, 0.15) is 121 Å². The number of aromatic nitrogens is 9. The van der Waals surface area contributed by atoms with Crippen LogP contribution >= 0.6 is 58.8 Å². The van der Waals surface area contributed by atoms with E-state index in [-0.39, 0.29) is 94.5 Å². The fraction of sp³-hybridized carbons (Fsp3) is 0.333. The number of nitro groups is 1. The van der Waals surface area contributed by atoms with Gasteiger partial charge in [-0.15, -0.1) is 29.1 Å². The Morgan fingerprint density at radius 1 is 0.570 bits per heavy atom. The van der Waals surface area contributed by atoms with Crippen LogP contribution in [0.25, 0.3) is 66.1 Å². The molecular weight excluding hydrogens is 1560 g/mol. The van der Waals surface area contributed by atoms with E-state index in [0.717, 1.165) is 61.4 Å². The summed E-state index contributed by atoms with van der Waals surface area (Å²) in [7, 11) is 16.2. The molecule has 0 spiro atoms. The van der Waals surface area contributed by atoms with Crippen molar-refractivity contribution in [3.05, 3.63) is 183 Å². The van der Waals surface area contributed by atoms with E-state index >= 15 is 0 Å². The maximum absolute atomic E-state index is 12.6. The molecule has 0 bridgehead atoms. The molecule has 5 aromatic carbocycles. The quantitative estimate of drug-likeness (QED) is 0.0114. The van der Waals surface area contributed by atoms with Gasteiger partial charge in [-0.05, 0) is 106 Å². The third-order valence-corrected chi connectivity index (χ3v) is 19.4. The topological polar surface area (TPSA) is 370 Å². The molecule has 572 valence electrons. The minimum atomic E-state index is -1.14. The van der Waals surface area contributed by atoms with E-state index in [4.69, 9.17) is 64.2 Å². The highest BCUT2D eigenvalue weighted by Gasteiger charge is 2.32. The number of carbonyl (C=O) groups excluding carboxylic acids is 3. The van der Waals surface area contributed by atoms with Gasteiger partial charge in [0.15, 0.2) is 0 Å². The summed E-state index contributed by atoms with van der Waals surface area (Å²) in [6.07, 6.45) is 1.34. The Labute approximate surface area is 649 Å². The van der Waals surface area contributed by atoms with E-state index in [1.165, 1.54) is 27.4 Å². The zero-order valence-corrected chi connectivity index (χ0v) is 66.1. The van der Waals surface area contributed by atoms with Gasteiger partial charge in [0.05, 0.1) is 95.1 Å². The number of hydrogen-bond acceptors (Lipinski definition) is 19. The first-order valence-electron chi connectivity index (χ1n) is 33.1. The summed E-state index contributed by atoms with van der Waals surface area (Å²) in [5.41, 5.74) is 19.4. The van der Waals surface area contributed by atoms with Gasteiger partial charge in [0.1, 0.15) is 29.4 Å². The highest BCUT2D eigenvalue weighted by Crippen LogP contribution is 2.47. The molecule has 11 rings (SSSR count). The van der Waals surface area contributed by atoms with E-state index in [2.05, 4.69) is 15.3 Å². The molecule has 0 amide bonds. The van der Waals surface area contributed by atoms with Crippen LogP contribution in [0.4, 0.5) is 5.69 Å². The molecule has 7 N–H and O–H groups in total. The van der Waals surface area contributed by atoms with Crippen molar-refractivity contribution < 1.29 is 79.5 Å². The Kier molecular flexibility index (Phi) is 28.9. The summed E-state index contributed by atoms with van der Waals surface area (Å²) in [5.74, 6) is -2.39. The predicted octanol–water partition coefficient (Wildman–Crippen LogP) is 13.0. The average molecular weight is 1650 g/mol. The largest absolute Gasteiger partial charge is 0.497 e. The van der Waals surface area contributed by atoms with Gasteiger partial charge in [-0.3, -0.25) is 33.7 Å². The van der Waals surface area contributed by atoms with Crippen LogP contribution in [0, 0.1) is 30.9 Å². The Balaban J connectivity index is 0.000000234. The number of para-hydroxylation sites is 1. The van der Waals surface area contributed by atoms with Crippen molar-refractivity contribution in [3.8, 4) is 45.0 Å². The van der Waals surface area contributed by atoms with Gasteiger partial charge < -0.3 is 68.7 Å². The fourth-order valence-corrected chi connectivity index (χ4v) is 13.9. The van der Waals surface area contributed by atoms with Gasteiger partial charge in [-0.1, -0.05) is 83.3 Å². The van der Waals surface area contributed by atoms with Crippen LogP contribution in [-0.4, -0.2) is 138 Å². The Bertz CT molecular complexity index is 5170. The Morgan fingerprint density at radius 2 is 0.991 bits per heavy atom. The lowest BCUT2D eigenvalue weighted by atomic mass is 9.98. The molecule has 0 aliphatic carbocycles. The first-order valence-corrected chi connectivity index (χ1v) is 34.3. The Hall–Kier alpha value is -9.86. The normalized spacial score (nSPS) is 11.3. The highest BCUT2D eigenvalue weighted by atomic mass is 127. The van der Waals surface area contributed by atoms with Crippen LogP contribution in [0.3, 0.4) is 0 Å². The van der Waals surface area contributed by atoms with E-state index in [0.29, 0.717) is 118 Å². The number of hydrogen-bond donors (Lipinski definition) is 6. The summed E-state index contributed by atoms with van der Waals surface area (Å²) in [5, 5.41) is 75.5. The van der Waals surface area contributed by atoms with E-state index < -0.39 is 28.8 Å². The average Bonchev–Trinajstić information content (AvgIpc) is 1.59. The minimum absolute atomic E-state index is 0. The number of benzene rings is 5. The fourth-order valence-electron chi connectivity index (χ4n) is 13.2. The molecule has 0 unspecified atom stereocenters. The number of fused-ring (bicyclic) bond motifs is 3. The van der Waals surface area contributed by atoms with Crippen molar-refractivity contribution in [1.29, 1.82) is 0 Å². The summed E-state index contributed by atoms with van der Waals surface area (Å²) in [6, 6.07) is 24.3. The smallest absolute Gasteiger partial charge is 0.354 e. The Morgan fingerprint density at radius 3 is 1.39 bits per heavy atom. The zero-order valence-electron chi connectivity index (χ0n) is 61.5. The molecule has 6 heterocycles. The predicted molar refractivity (Wildman–Crippen MR) is 418 cm³/mol. The number of aliphatic hydroxyl groups excluding tert-OH is 3. The van der Waals surface area contributed by atoms with Gasteiger partial charge in [0.25, 0.3) is 5.69 Å². The SMILES string of the molecule is COC(=O)CCc1c(C(=O)OC)n(C)c2c(-c3c(CO)nn(C)c3C)c(Cl)ccc12.COC(=O)c1c(CCCO)c2ccc(Cl)c(-c3c(CO)nn(C)c3C)c2n1C.COc1ccc(COc2nn(C)c(C)c2-c2c(Cl)ccc3c(CCC(=O)O)c(C(=O)O)n(C)c23)cc1.C[C@@H](N)c1ccccc1[N+](=O)[O-].I.[HH]. The molecule has 0 saturated carbocycles. The highest BCUT2D eigenvalue weighted by molar-refractivity contribution is 14.0. The number of aliphatic carboxylic acids is 1. The molecule has 0 aliphatic heterocycles. The van der Waals surface area contributed by atoms with Crippen molar-refractivity contribution in [2.45, 2.75) is 92.1 Å². The molecule has 1 atom stereocenters. The first-order chi connectivity index (χ1) is 50.4. The summed E-state index contributed by atoms with van der Waals surface area (Å²) in [6.45, 7) is 7.19. The van der Waals surface area contributed by atoms with E-state index in [1.807, 2.05) is 64.2 Å². The molecular formula is C75H87Cl3IN11O17. The number of ether oxygens (including phenoxy) is 5. The summed E-state index contributed by atoms with van der Waals surface area (Å²) in [4.78, 5) is 70.4. The second kappa shape index (κ2) is 36.6. The molecule has 32 heteroatoms. The number of halogens is 4. The van der Waals surface area contributed by atoms with Crippen LogP contribution in [0.5, 0.6) is 11.6 Å². The number of esters is 3. The van der Waals surface area contributed by atoms with Crippen LogP contribution < -0.4 is 15.2 Å². The maximum Gasteiger partial charge on any atom is 0.354 e. The molecule has 0 aliphatic rings. The molecule has 107 heavy (non-hydrogen) atoms. The van der Waals surface area contributed by atoms with E-state index in [9.17, 15) is 59.6 Å². The number of methoxy groups -OCH3 is 4. The summed E-state index contributed by atoms with van der Waals surface area (Å²) >= 11 is 20.0. The molecule has 6 aromatic heterocycles. The first kappa shape index (κ1) is 84.4. The maximum atomic E-state index is 12.6. The van der Waals surface area contributed by atoms with Crippen molar-refractivity contribution in [2.24, 2.45) is 48.0 Å². The number of nitro benzene ring substituents is 1. The van der Waals surface area contributed by atoms with Crippen molar-refractivity contribution in [1.82, 2.24) is 43.0 Å². The monoisotopic (exact) mass is 1650 g/mol. The second-order valence-electron chi connectivity index (χ2n) is 24.7. The number of rotatable bonds is 23. The number of nitrogens with zero attached hydrogens (tertiary/aromatic N) is 10. The molecule has 0 fully saturated rings. The van der Waals surface area contributed by atoms with Crippen molar-refractivity contribution >= 4 is 127 Å². The van der Waals surface area contributed by atoms with Gasteiger partial charge in [-0.2, -0.15) is 10.2 Å². The molecule has 0 radical (unpaired) electrons. The van der Waals surface area contributed by atoms with E-state index in [1.54, 1.807) is 119 Å². The van der Waals surface area contributed by atoms with Crippen LogP contribution in [-0.2, 0) is 105 Å². The molecule has 0 saturated heterocycles. The lowest BCUT2D eigenvalue weighted by Crippen LogP contribution is -2.11. The van der Waals surface area contributed by atoms with Crippen LogP contribution in [0.15, 0.2) is 84.9 Å². The van der Waals surface area contributed by atoms with Gasteiger partial charge >= 0.3 is 29.8 Å². The third-order valence-electron chi connectivity index (χ3n) is 18.5. The number of carbonyl (C=O) groups is 5. The standard InChI is InChI=1S/C26H26ClN3O6.C21H24ClN3O5.C20H24ClN3O4.C8H10N2O2.HI.H2/c1-14-21(25(28-30(14)3)36-13-15-5-7-16(35-4)8-6-15)22-19(27)11-9-17-18(10-12-20(31)32)24(26(33)34)29(2)23(17)22;1-11-17(15(10-26)23-25(11)3)18-14(22)8-6-12-13(7-9-16(27)29-4)20(21(28)30-5)24(2)19(12)18;1-11-16(15(10-26)22-24(11)3)17-14(21)8-7-13-12(6-5-9-25)19(20(27)28-4)23(2)18(13)17;1-6(9)7-4-2-3-5-8(7)10(11)12;;/h5-9,11H,10,12-13H2,1-4H3,(H,31,32)(H,33,34);6,8,26H,7,9-10H2,1-5H3;7-8,25-26H,5-6,9-10H2,1-4H3;2-6H,9H2,1H3;2*1H/t;;;6-;;/m...1../s1. The van der Waals surface area contributed by atoms with Gasteiger partial charge in [-0.25, -0.2) is 14.4 Å². The summed E-state index contributed by atoms with van der Waals surface area (Å²) < 4.78 is 36.2. The third kappa shape index (κ3) is 17.4. The molecule has 11 aromatic rings. The number of aliphatic hydroxyl groups is 3. The number of aromatic carboxylic acids is 1. The van der Waals surface area contributed by atoms with Crippen molar-refractivity contribution in [3.63, 3.8) is 0 Å². The number of aryl methyl sites for hydroxylation is 9. The second-order valence-corrected chi connectivity index (χ2v) is 25.9. The minimum Gasteiger partial charge on any atom is -0.497 e. The lowest BCUT2D eigenvalue weighted by molar-refractivity contribution is -0.385.